The summed E-state index contributed by atoms with van der Waals surface area (Å²) < 4.78 is 0. The second-order valence-corrected chi connectivity index (χ2v) is 6.09. The molecule has 1 heterocycles. The molecule has 0 aliphatic heterocycles. The highest BCUT2D eigenvalue weighted by Gasteiger charge is 2.08. The maximum absolute atomic E-state index is 10.9. The molecule has 3 heteroatoms. The molecule has 1 unspecified atom stereocenters. The lowest BCUT2D eigenvalue weighted by atomic mass is 9.97. The van der Waals surface area contributed by atoms with Gasteiger partial charge in [0, 0.05) is 5.69 Å². The van der Waals surface area contributed by atoms with Gasteiger partial charge in [-0.05, 0) is 37.8 Å². The molecule has 0 aliphatic rings. The number of aromatic nitrogens is 1. The molecule has 3 nitrogen and oxygen atoms in total. The normalized spacial score (nSPS) is 12.3. The highest BCUT2D eigenvalue weighted by atomic mass is 16.4. The van der Waals surface area contributed by atoms with Crippen molar-refractivity contribution in [1.82, 2.24) is 4.98 Å². The number of rotatable bonds is 10. The number of carbonyl (C=O) groups is 1. The van der Waals surface area contributed by atoms with Crippen LogP contribution in [0.15, 0.2) is 12.1 Å². The fourth-order valence-corrected chi connectivity index (χ4v) is 2.65. The van der Waals surface area contributed by atoms with Crippen molar-refractivity contribution in [3.63, 3.8) is 0 Å². The summed E-state index contributed by atoms with van der Waals surface area (Å²) in [5.74, 6) is -0.0483. The average Bonchev–Trinajstić information content (AvgIpc) is 2.44. The summed E-state index contributed by atoms with van der Waals surface area (Å²) in [5.41, 5.74) is 1.94. The first-order chi connectivity index (χ1) is 10.0. The zero-order chi connectivity index (χ0) is 15.7. The molecular formula is C18H29NO2. The summed E-state index contributed by atoms with van der Waals surface area (Å²) >= 11 is 0. The Kier molecular flexibility index (Phi) is 8.03. The Labute approximate surface area is 128 Å². The van der Waals surface area contributed by atoms with Crippen molar-refractivity contribution in [3.05, 3.63) is 29.1 Å². The molecular weight excluding hydrogens is 262 g/mol. The maximum Gasteiger partial charge on any atom is 0.337 e. The van der Waals surface area contributed by atoms with Crippen LogP contribution in [-0.2, 0) is 6.42 Å². The highest BCUT2D eigenvalue weighted by molar-refractivity contribution is 5.88. The Hall–Kier alpha value is -1.38. The molecule has 0 aliphatic carbocycles. The van der Waals surface area contributed by atoms with E-state index in [0.717, 1.165) is 24.5 Å². The van der Waals surface area contributed by atoms with Crippen LogP contribution in [0.5, 0.6) is 0 Å². The van der Waals surface area contributed by atoms with Crippen molar-refractivity contribution in [2.24, 2.45) is 5.92 Å². The van der Waals surface area contributed by atoms with Gasteiger partial charge in [-0.2, -0.15) is 0 Å². The third-order valence-electron chi connectivity index (χ3n) is 4.05. The topological polar surface area (TPSA) is 50.2 Å². The molecule has 1 aromatic rings. The Morgan fingerprint density at radius 2 is 1.90 bits per heavy atom. The molecule has 1 atom stereocenters. The minimum absolute atomic E-state index is 0.309. The molecule has 0 spiro atoms. The van der Waals surface area contributed by atoms with Crippen molar-refractivity contribution in [1.29, 1.82) is 0 Å². The van der Waals surface area contributed by atoms with E-state index >= 15 is 0 Å². The molecule has 1 N–H and O–H groups in total. The summed E-state index contributed by atoms with van der Waals surface area (Å²) in [7, 11) is 0. The van der Waals surface area contributed by atoms with Gasteiger partial charge in [0.05, 0.1) is 11.3 Å². The zero-order valence-electron chi connectivity index (χ0n) is 13.7. The van der Waals surface area contributed by atoms with Crippen molar-refractivity contribution in [3.8, 4) is 0 Å². The minimum atomic E-state index is -0.896. The van der Waals surface area contributed by atoms with Gasteiger partial charge in [0.15, 0.2) is 0 Å². The first-order valence-corrected chi connectivity index (χ1v) is 8.24. The van der Waals surface area contributed by atoms with Crippen LogP contribution in [-0.4, -0.2) is 16.1 Å². The van der Waals surface area contributed by atoms with Crippen molar-refractivity contribution >= 4 is 5.97 Å². The van der Waals surface area contributed by atoms with Crippen LogP contribution < -0.4 is 0 Å². The number of hydrogen-bond acceptors (Lipinski definition) is 2. The number of unbranched alkanes of at least 4 members (excludes halogenated alkanes) is 3. The van der Waals surface area contributed by atoms with Gasteiger partial charge in [-0.1, -0.05) is 52.4 Å². The number of nitrogens with zero attached hydrogens (tertiary/aromatic N) is 1. The van der Waals surface area contributed by atoms with Gasteiger partial charge in [-0.15, -0.1) is 0 Å². The average molecular weight is 291 g/mol. The Morgan fingerprint density at radius 1 is 1.19 bits per heavy atom. The van der Waals surface area contributed by atoms with E-state index in [4.69, 9.17) is 5.11 Å². The number of aryl methyl sites for hydroxylation is 2. The second kappa shape index (κ2) is 9.54. The first-order valence-electron chi connectivity index (χ1n) is 8.24. The second-order valence-electron chi connectivity index (χ2n) is 6.09. The molecule has 0 radical (unpaired) electrons. The van der Waals surface area contributed by atoms with Crippen molar-refractivity contribution in [2.75, 3.05) is 0 Å². The maximum atomic E-state index is 10.9. The van der Waals surface area contributed by atoms with E-state index in [1.54, 1.807) is 13.0 Å². The molecule has 0 saturated carbocycles. The summed E-state index contributed by atoms with van der Waals surface area (Å²) in [5, 5.41) is 8.98. The Morgan fingerprint density at radius 3 is 2.52 bits per heavy atom. The van der Waals surface area contributed by atoms with E-state index < -0.39 is 5.97 Å². The summed E-state index contributed by atoms with van der Waals surface area (Å²) in [6.07, 6.45) is 9.93. The lowest BCUT2D eigenvalue weighted by Gasteiger charge is -2.10. The predicted molar refractivity (Wildman–Crippen MR) is 86.8 cm³/mol. The SMILES string of the molecule is CCCCC(C)CCCCCc1ccc(C(=O)O)c(C)n1. The van der Waals surface area contributed by atoms with E-state index in [-0.39, 0.29) is 0 Å². The smallest absolute Gasteiger partial charge is 0.337 e. The number of pyridine rings is 1. The van der Waals surface area contributed by atoms with Crippen LogP contribution in [0, 0.1) is 12.8 Å². The summed E-state index contributed by atoms with van der Waals surface area (Å²) in [6, 6.07) is 3.52. The fraction of sp³-hybridized carbons (Fsp3) is 0.667. The van der Waals surface area contributed by atoms with E-state index in [1.165, 1.54) is 38.5 Å². The van der Waals surface area contributed by atoms with Gasteiger partial charge in [0.25, 0.3) is 0 Å². The monoisotopic (exact) mass is 291 g/mol. The van der Waals surface area contributed by atoms with Crippen LogP contribution in [0.3, 0.4) is 0 Å². The van der Waals surface area contributed by atoms with Crippen LogP contribution >= 0.6 is 0 Å². The zero-order valence-corrected chi connectivity index (χ0v) is 13.7. The van der Waals surface area contributed by atoms with Gasteiger partial charge in [-0.3, -0.25) is 4.98 Å². The first kappa shape index (κ1) is 17.7. The van der Waals surface area contributed by atoms with Crippen molar-refractivity contribution in [2.45, 2.75) is 72.1 Å². The van der Waals surface area contributed by atoms with Crippen LogP contribution in [0.1, 0.15) is 80.5 Å². The Bertz CT molecular complexity index is 443. The van der Waals surface area contributed by atoms with Gasteiger partial charge in [0.2, 0.25) is 0 Å². The summed E-state index contributed by atoms with van der Waals surface area (Å²) in [4.78, 5) is 15.3. The summed E-state index contributed by atoms with van der Waals surface area (Å²) in [6.45, 7) is 6.37. The predicted octanol–water partition coefficient (Wildman–Crippen LogP) is 5.02. The quantitative estimate of drug-likeness (QED) is 0.616. The molecule has 0 fully saturated rings. The molecule has 0 aromatic carbocycles. The van der Waals surface area contributed by atoms with Crippen LogP contribution in [0.2, 0.25) is 0 Å². The third kappa shape index (κ3) is 6.74. The standard InChI is InChI=1S/C18H29NO2/c1-4-5-9-14(2)10-7-6-8-11-16-12-13-17(18(20)21)15(3)19-16/h12-14H,4-11H2,1-3H3,(H,20,21). The number of carboxylic acid groups (broad SMARTS) is 1. The van der Waals surface area contributed by atoms with Gasteiger partial charge >= 0.3 is 5.97 Å². The molecule has 0 saturated heterocycles. The Balaban J connectivity index is 2.24. The largest absolute Gasteiger partial charge is 0.478 e. The van der Waals surface area contributed by atoms with E-state index in [2.05, 4.69) is 18.8 Å². The molecule has 0 bridgehead atoms. The van der Waals surface area contributed by atoms with E-state index in [9.17, 15) is 4.79 Å². The van der Waals surface area contributed by atoms with Crippen molar-refractivity contribution < 1.29 is 9.90 Å². The van der Waals surface area contributed by atoms with E-state index in [1.807, 2.05) is 6.07 Å². The van der Waals surface area contributed by atoms with E-state index in [0.29, 0.717) is 11.3 Å². The van der Waals surface area contributed by atoms with Gasteiger partial charge in [-0.25, -0.2) is 4.79 Å². The van der Waals surface area contributed by atoms with Gasteiger partial charge in [0.1, 0.15) is 0 Å². The number of carboxylic acids is 1. The number of hydrogen-bond donors (Lipinski definition) is 1. The lowest BCUT2D eigenvalue weighted by molar-refractivity contribution is 0.0695. The van der Waals surface area contributed by atoms with Crippen LogP contribution in [0.4, 0.5) is 0 Å². The van der Waals surface area contributed by atoms with Crippen LogP contribution in [0.25, 0.3) is 0 Å². The molecule has 1 rings (SSSR count). The third-order valence-corrected chi connectivity index (χ3v) is 4.05. The highest BCUT2D eigenvalue weighted by Crippen LogP contribution is 2.17. The number of aromatic carboxylic acids is 1. The van der Waals surface area contributed by atoms with Gasteiger partial charge < -0.3 is 5.11 Å². The molecule has 1 aromatic heterocycles. The fourth-order valence-electron chi connectivity index (χ4n) is 2.65. The minimum Gasteiger partial charge on any atom is -0.478 e. The molecule has 21 heavy (non-hydrogen) atoms. The molecule has 0 amide bonds. The lowest BCUT2D eigenvalue weighted by Crippen LogP contribution is -2.03. The molecule has 118 valence electrons.